The van der Waals surface area contributed by atoms with E-state index < -0.39 is 0 Å². The van der Waals surface area contributed by atoms with Crippen LogP contribution >= 0.6 is 15.9 Å². The Morgan fingerprint density at radius 2 is 2.15 bits per heavy atom. The third-order valence-electron chi connectivity index (χ3n) is 2.93. The number of nitrogens with zero attached hydrogens (tertiary/aromatic N) is 1. The van der Waals surface area contributed by atoms with E-state index in [4.69, 9.17) is 4.74 Å². The smallest absolute Gasteiger partial charge is 0.123 e. The van der Waals surface area contributed by atoms with Crippen LogP contribution in [0.4, 0.5) is 0 Å². The lowest BCUT2D eigenvalue weighted by atomic mass is 10.2. The maximum Gasteiger partial charge on any atom is 0.123 e. The maximum atomic E-state index is 5.89. The molecule has 1 aromatic carbocycles. The highest BCUT2D eigenvalue weighted by Crippen LogP contribution is 2.23. The average Bonchev–Trinajstić information content (AvgIpc) is 2.48. The number of pyridine rings is 1. The number of benzene rings is 1. The van der Waals surface area contributed by atoms with Gasteiger partial charge in [0.1, 0.15) is 5.75 Å². The van der Waals surface area contributed by atoms with E-state index in [2.05, 4.69) is 39.2 Å². The summed E-state index contributed by atoms with van der Waals surface area (Å²) in [5.41, 5.74) is 2.22. The van der Waals surface area contributed by atoms with Gasteiger partial charge in [0.25, 0.3) is 0 Å². The van der Waals surface area contributed by atoms with Gasteiger partial charge in [0, 0.05) is 34.9 Å². The Balaban J connectivity index is 1.94. The van der Waals surface area contributed by atoms with Gasteiger partial charge in [0.2, 0.25) is 0 Å². The second kappa shape index (κ2) is 8.02. The lowest BCUT2D eigenvalue weighted by Gasteiger charge is -2.12. The standard InChI is InChI=1S/C16H19BrN2O/c1-2-18-12-13-11-14(17)6-7-16(13)20-10-8-15-5-3-4-9-19-15/h3-7,9,11,18H,2,8,10,12H2,1H3. The van der Waals surface area contributed by atoms with E-state index >= 15 is 0 Å². The van der Waals surface area contributed by atoms with Crippen molar-refractivity contribution in [2.75, 3.05) is 13.2 Å². The van der Waals surface area contributed by atoms with Crippen LogP contribution in [-0.4, -0.2) is 18.1 Å². The number of nitrogens with one attached hydrogen (secondary N) is 1. The highest BCUT2D eigenvalue weighted by Gasteiger charge is 2.04. The van der Waals surface area contributed by atoms with Crippen LogP contribution in [0, 0.1) is 0 Å². The number of hydrogen-bond acceptors (Lipinski definition) is 3. The molecule has 1 aromatic heterocycles. The molecule has 0 radical (unpaired) electrons. The van der Waals surface area contributed by atoms with Crippen LogP contribution in [0.2, 0.25) is 0 Å². The molecule has 0 spiro atoms. The van der Waals surface area contributed by atoms with Crippen molar-refractivity contribution in [2.24, 2.45) is 0 Å². The number of rotatable bonds is 7. The zero-order chi connectivity index (χ0) is 14.2. The predicted octanol–water partition coefficient (Wildman–Crippen LogP) is 3.58. The maximum absolute atomic E-state index is 5.89. The molecule has 3 nitrogen and oxygen atoms in total. The zero-order valence-electron chi connectivity index (χ0n) is 11.6. The van der Waals surface area contributed by atoms with Gasteiger partial charge < -0.3 is 10.1 Å². The van der Waals surface area contributed by atoms with Gasteiger partial charge in [-0.05, 0) is 36.9 Å². The first-order valence-corrected chi connectivity index (χ1v) is 7.60. The minimum atomic E-state index is 0.637. The molecular formula is C16H19BrN2O. The van der Waals surface area contributed by atoms with E-state index in [1.807, 2.05) is 36.5 Å². The van der Waals surface area contributed by atoms with Crippen molar-refractivity contribution in [2.45, 2.75) is 19.9 Å². The monoisotopic (exact) mass is 334 g/mol. The summed E-state index contributed by atoms with van der Waals surface area (Å²) in [5, 5.41) is 3.33. The molecular weight excluding hydrogens is 316 g/mol. The molecule has 106 valence electrons. The van der Waals surface area contributed by atoms with Gasteiger partial charge >= 0.3 is 0 Å². The average molecular weight is 335 g/mol. The van der Waals surface area contributed by atoms with Gasteiger partial charge in [-0.3, -0.25) is 4.98 Å². The van der Waals surface area contributed by atoms with Crippen LogP contribution in [0.5, 0.6) is 5.75 Å². The summed E-state index contributed by atoms with van der Waals surface area (Å²) in [6.45, 7) is 4.49. The van der Waals surface area contributed by atoms with Gasteiger partial charge in [0.15, 0.2) is 0 Å². The SMILES string of the molecule is CCNCc1cc(Br)ccc1OCCc1ccccn1. The largest absolute Gasteiger partial charge is 0.493 e. The summed E-state index contributed by atoms with van der Waals surface area (Å²) in [6.07, 6.45) is 2.63. The normalized spacial score (nSPS) is 10.5. The summed E-state index contributed by atoms with van der Waals surface area (Å²) < 4.78 is 6.96. The molecule has 2 rings (SSSR count). The summed E-state index contributed by atoms with van der Waals surface area (Å²) in [4.78, 5) is 4.30. The summed E-state index contributed by atoms with van der Waals surface area (Å²) in [7, 11) is 0. The predicted molar refractivity (Wildman–Crippen MR) is 85.0 cm³/mol. The fraction of sp³-hybridized carbons (Fsp3) is 0.312. The molecule has 0 fully saturated rings. The second-order valence-electron chi connectivity index (χ2n) is 4.45. The fourth-order valence-corrected chi connectivity index (χ4v) is 2.31. The van der Waals surface area contributed by atoms with Crippen LogP contribution in [0.15, 0.2) is 47.1 Å². The lowest BCUT2D eigenvalue weighted by molar-refractivity contribution is 0.316. The topological polar surface area (TPSA) is 34.1 Å². The third-order valence-corrected chi connectivity index (χ3v) is 3.42. The molecule has 0 aliphatic carbocycles. The molecule has 20 heavy (non-hydrogen) atoms. The quantitative estimate of drug-likeness (QED) is 0.840. The van der Waals surface area contributed by atoms with E-state index in [0.717, 1.165) is 35.4 Å². The number of halogens is 1. The molecule has 1 N–H and O–H groups in total. The molecule has 0 aliphatic rings. The van der Waals surface area contributed by atoms with Crippen LogP contribution < -0.4 is 10.1 Å². The highest BCUT2D eigenvalue weighted by molar-refractivity contribution is 9.10. The molecule has 1 heterocycles. The molecule has 0 unspecified atom stereocenters. The van der Waals surface area contributed by atoms with Crippen molar-refractivity contribution >= 4 is 15.9 Å². The van der Waals surface area contributed by atoms with E-state index in [1.54, 1.807) is 0 Å². The Bertz CT molecular complexity index is 531. The molecule has 0 saturated carbocycles. The van der Waals surface area contributed by atoms with Gasteiger partial charge in [-0.25, -0.2) is 0 Å². The minimum Gasteiger partial charge on any atom is -0.493 e. The summed E-state index contributed by atoms with van der Waals surface area (Å²) in [5.74, 6) is 0.935. The van der Waals surface area contributed by atoms with Crippen molar-refractivity contribution < 1.29 is 4.74 Å². The fourth-order valence-electron chi connectivity index (χ4n) is 1.90. The zero-order valence-corrected chi connectivity index (χ0v) is 13.2. The Morgan fingerprint density at radius 3 is 2.90 bits per heavy atom. The first-order valence-electron chi connectivity index (χ1n) is 6.81. The van der Waals surface area contributed by atoms with Crippen LogP contribution in [0.3, 0.4) is 0 Å². The molecule has 4 heteroatoms. The Labute approximate surface area is 128 Å². The van der Waals surface area contributed by atoms with Crippen molar-refractivity contribution in [3.63, 3.8) is 0 Å². The first-order chi connectivity index (χ1) is 9.79. The molecule has 0 saturated heterocycles. The van der Waals surface area contributed by atoms with Gasteiger partial charge in [-0.2, -0.15) is 0 Å². The molecule has 0 atom stereocenters. The van der Waals surface area contributed by atoms with Crippen LogP contribution in [0.1, 0.15) is 18.2 Å². The molecule has 0 aliphatic heterocycles. The summed E-state index contributed by atoms with van der Waals surface area (Å²) >= 11 is 3.50. The third kappa shape index (κ3) is 4.62. The Kier molecular flexibility index (Phi) is 6.02. The minimum absolute atomic E-state index is 0.637. The first kappa shape index (κ1) is 15.0. The second-order valence-corrected chi connectivity index (χ2v) is 5.37. The molecule has 0 bridgehead atoms. The molecule has 0 amide bonds. The van der Waals surface area contributed by atoms with Gasteiger partial charge in [-0.1, -0.05) is 28.9 Å². The summed E-state index contributed by atoms with van der Waals surface area (Å²) in [6, 6.07) is 12.1. The highest BCUT2D eigenvalue weighted by atomic mass is 79.9. The van der Waals surface area contributed by atoms with E-state index in [9.17, 15) is 0 Å². The van der Waals surface area contributed by atoms with Crippen molar-refractivity contribution in [1.82, 2.24) is 10.3 Å². The van der Waals surface area contributed by atoms with Crippen molar-refractivity contribution in [3.8, 4) is 5.75 Å². The Morgan fingerprint density at radius 1 is 1.25 bits per heavy atom. The van der Waals surface area contributed by atoms with E-state index in [-0.39, 0.29) is 0 Å². The number of hydrogen-bond donors (Lipinski definition) is 1. The van der Waals surface area contributed by atoms with E-state index in [0.29, 0.717) is 6.61 Å². The Hall–Kier alpha value is -1.39. The number of ether oxygens (including phenoxy) is 1. The molecule has 2 aromatic rings. The van der Waals surface area contributed by atoms with Crippen LogP contribution in [-0.2, 0) is 13.0 Å². The van der Waals surface area contributed by atoms with Crippen molar-refractivity contribution in [1.29, 1.82) is 0 Å². The van der Waals surface area contributed by atoms with E-state index in [1.165, 1.54) is 5.56 Å². The number of aromatic nitrogens is 1. The van der Waals surface area contributed by atoms with Crippen LogP contribution in [0.25, 0.3) is 0 Å². The van der Waals surface area contributed by atoms with Gasteiger partial charge in [-0.15, -0.1) is 0 Å². The van der Waals surface area contributed by atoms with Crippen molar-refractivity contribution in [3.05, 3.63) is 58.3 Å². The lowest BCUT2D eigenvalue weighted by Crippen LogP contribution is -2.13. The van der Waals surface area contributed by atoms with Gasteiger partial charge in [0.05, 0.1) is 6.61 Å².